The molecule has 2 rings (SSSR count). The van der Waals surface area contributed by atoms with Gasteiger partial charge in [0.1, 0.15) is 5.78 Å². The van der Waals surface area contributed by atoms with E-state index in [-0.39, 0.29) is 0 Å². The number of fused-ring (bicyclic) bond motifs is 1. The lowest BCUT2D eigenvalue weighted by molar-refractivity contribution is -0.118. The van der Waals surface area contributed by atoms with Crippen molar-refractivity contribution in [2.75, 3.05) is 6.54 Å². The lowest BCUT2D eigenvalue weighted by Gasteiger charge is -2.12. The minimum Gasteiger partial charge on any atom is -0.300 e. The van der Waals surface area contributed by atoms with Crippen molar-refractivity contribution in [1.82, 2.24) is 0 Å². The van der Waals surface area contributed by atoms with Crippen LogP contribution in [0.3, 0.4) is 0 Å². The second-order valence-corrected chi connectivity index (χ2v) is 4.12. The molecule has 1 aliphatic heterocycles. The van der Waals surface area contributed by atoms with Crippen molar-refractivity contribution in [3.8, 4) is 0 Å². The maximum absolute atomic E-state index is 10.2. The van der Waals surface area contributed by atoms with Crippen LogP contribution in [0, 0.1) is 0 Å². The van der Waals surface area contributed by atoms with Gasteiger partial charge in [0.25, 0.3) is 0 Å². The van der Waals surface area contributed by atoms with Crippen molar-refractivity contribution < 1.29 is 4.79 Å². The second-order valence-electron chi connectivity index (χ2n) is 4.12. The molecule has 2 nitrogen and oxygen atoms in total. The van der Waals surface area contributed by atoms with Crippen LogP contribution in [0.2, 0.25) is 0 Å². The maximum Gasteiger partial charge on any atom is 0.132 e. The van der Waals surface area contributed by atoms with Gasteiger partial charge in [-0.3, -0.25) is 9.79 Å². The molecule has 0 atom stereocenters. The van der Waals surface area contributed by atoms with Crippen LogP contribution in [0.15, 0.2) is 29.3 Å². The molecule has 2 heteroatoms. The van der Waals surface area contributed by atoms with Gasteiger partial charge >= 0.3 is 0 Å². The molecule has 0 N–H and O–H groups in total. The standard InChI is InChI=1S/C10H11N.C5H10O/c1-8-10-5-3-2-4-9(10)6-7-11-8;1-3-5(6)4-2/h2-5H,6-7H2,1H3;3-4H2,1-2H3. The lowest BCUT2D eigenvalue weighted by Crippen LogP contribution is -2.08. The summed E-state index contributed by atoms with van der Waals surface area (Å²) in [7, 11) is 0. The monoisotopic (exact) mass is 231 g/mol. The average Bonchev–Trinajstić information content (AvgIpc) is 2.39. The molecule has 0 saturated heterocycles. The quantitative estimate of drug-likeness (QED) is 0.766. The molecule has 0 aliphatic carbocycles. The number of hydrogen-bond donors (Lipinski definition) is 0. The number of carbonyl (C=O) groups is 1. The van der Waals surface area contributed by atoms with E-state index >= 15 is 0 Å². The van der Waals surface area contributed by atoms with E-state index < -0.39 is 0 Å². The lowest BCUT2D eigenvalue weighted by atomic mass is 9.99. The minimum atomic E-state index is 0.343. The Hall–Kier alpha value is -1.44. The minimum absolute atomic E-state index is 0.343. The molecule has 0 aromatic heterocycles. The zero-order valence-corrected chi connectivity index (χ0v) is 11.0. The molecule has 0 amide bonds. The predicted octanol–water partition coefficient (Wildman–Crippen LogP) is 3.43. The second kappa shape index (κ2) is 7.00. The fourth-order valence-corrected chi connectivity index (χ4v) is 1.77. The molecule has 17 heavy (non-hydrogen) atoms. The summed E-state index contributed by atoms with van der Waals surface area (Å²) < 4.78 is 0. The molecule has 1 aromatic carbocycles. The van der Waals surface area contributed by atoms with Crippen LogP contribution in [-0.2, 0) is 11.2 Å². The number of benzene rings is 1. The molecule has 1 heterocycles. The summed E-state index contributed by atoms with van der Waals surface area (Å²) in [5.41, 5.74) is 3.96. The number of Topliss-reactive ketones (excluding diaryl/α,β-unsaturated/α-hetero) is 1. The van der Waals surface area contributed by atoms with Gasteiger partial charge in [-0.05, 0) is 24.5 Å². The van der Waals surface area contributed by atoms with E-state index in [0.717, 1.165) is 13.0 Å². The van der Waals surface area contributed by atoms with E-state index in [1.54, 1.807) is 0 Å². The van der Waals surface area contributed by atoms with Crippen molar-refractivity contribution in [2.24, 2.45) is 4.99 Å². The summed E-state index contributed by atoms with van der Waals surface area (Å²) in [6.07, 6.45) is 2.49. The third-order valence-electron chi connectivity index (χ3n) is 2.93. The SMILES string of the molecule is CC1=NCCc2ccccc21.CCC(=O)CC. The Kier molecular flexibility index (Phi) is 5.61. The zero-order chi connectivity index (χ0) is 12.7. The number of nitrogens with zero attached hydrogens (tertiary/aromatic N) is 1. The van der Waals surface area contributed by atoms with Crippen LogP contribution in [-0.4, -0.2) is 18.0 Å². The average molecular weight is 231 g/mol. The summed E-state index contributed by atoms with van der Waals surface area (Å²) in [6, 6.07) is 8.50. The van der Waals surface area contributed by atoms with E-state index in [9.17, 15) is 4.79 Å². The van der Waals surface area contributed by atoms with E-state index in [2.05, 4.69) is 36.2 Å². The molecule has 0 saturated carbocycles. The zero-order valence-electron chi connectivity index (χ0n) is 11.0. The van der Waals surface area contributed by atoms with E-state index in [1.807, 2.05) is 13.8 Å². The number of rotatable bonds is 2. The van der Waals surface area contributed by atoms with E-state index in [0.29, 0.717) is 18.6 Å². The summed E-state index contributed by atoms with van der Waals surface area (Å²) in [6.45, 7) is 6.80. The number of hydrogen-bond acceptors (Lipinski definition) is 2. The number of ketones is 1. The van der Waals surface area contributed by atoms with Crippen LogP contribution in [0.4, 0.5) is 0 Å². The summed E-state index contributed by atoms with van der Waals surface area (Å²) in [4.78, 5) is 14.6. The highest BCUT2D eigenvalue weighted by Gasteiger charge is 2.07. The van der Waals surface area contributed by atoms with Crippen molar-refractivity contribution in [3.05, 3.63) is 35.4 Å². The van der Waals surface area contributed by atoms with E-state index in [4.69, 9.17) is 0 Å². The maximum atomic E-state index is 10.2. The van der Waals surface area contributed by atoms with Crippen molar-refractivity contribution in [2.45, 2.75) is 40.0 Å². The molecular weight excluding hydrogens is 210 g/mol. The molecule has 92 valence electrons. The van der Waals surface area contributed by atoms with Gasteiger partial charge in [0.05, 0.1) is 0 Å². The molecule has 0 fully saturated rings. The highest BCUT2D eigenvalue weighted by molar-refractivity contribution is 6.00. The Morgan fingerprint density at radius 3 is 2.41 bits per heavy atom. The van der Waals surface area contributed by atoms with Gasteiger partial charge in [-0.25, -0.2) is 0 Å². The van der Waals surface area contributed by atoms with Crippen molar-refractivity contribution >= 4 is 11.5 Å². The van der Waals surface area contributed by atoms with Crippen LogP contribution >= 0.6 is 0 Å². The smallest absolute Gasteiger partial charge is 0.132 e. The first-order valence-electron chi connectivity index (χ1n) is 6.30. The Morgan fingerprint density at radius 2 is 1.88 bits per heavy atom. The predicted molar refractivity (Wildman–Crippen MR) is 72.8 cm³/mol. The first-order valence-corrected chi connectivity index (χ1v) is 6.30. The fraction of sp³-hybridized carbons (Fsp3) is 0.467. The Balaban J connectivity index is 0.000000209. The first kappa shape index (κ1) is 13.6. The fourth-order valence-electron chi connectivity index (χ4n) is 1.77. The Bertz CT molecular complexity index is 401. The summed E-state index contributed by atoms with van der Waals surface area (Å²) in [5, 5.41) is 0. The normalized spacial score (nSPS) is 13.0. The van der Waals surface area contributed by atoms with Crippen LogP contribution in [0.25, 0.3) is 0 Å². The third-order valence-corrected chi connectivity index (χ3v) is 2.93. The van der Waals surface area contributed by atoms with Crippen LogP contribution in [0.1, 0.15) is 44.7 Å². The van der Waals surface area contributed by atoms with Crippen LogP contribution < -0.4 is 0 Å². The van der Waals surface area contributed by atoms with Crippen LogP contribution in [0.5, 0.6) is 0 Å². The molecule has 1 aliphatic rings. The molecule has 0 bridgehead atoms. The highest BCUT2D eigenvalue weighted by atomic mass is 16.1. The highest BCUT2D eigenvalue weighted by Crippen LogP contribution is 2.14. The molecule has 0 radical (unpaired) electrons. The third kappa shape index (κ3) is 4.14. The molecule has 0 unspecified atom stereocenters. The molecular formula is C15H21NO. The largest absolute Gasteiger partial charge is 0.300 e. The van der Waals surface area contributed by atoms with Crippen molar-refractivity contribution in [1.29, 1.82) is 0 Å². The topological polar surface area (TPSA) is 29.4 Å². The van der Waals surface area contributed by atoms with Gasteiger partial charge in [0.15, 0.2) is 0 Å². The van der Waals surface area contributed by atoms with Gasteiger partial charge in [-0.15, -0.1) is 0 Å². The Morgan fingerprint density at radius 1 is 1.24 bits per heavy atom. The number of aliphatic imine (C=N–C) groups is 1. The Labute approximate surface area is 104 Å². The summed E-state index contributed by atoms with van der Waals surface area (Å²) in [5.74, 6) is 0.343. The van der Waals surface area contributed by atoms with Gasteiger partial charge < -0.3 is 0 Å². The van der Waals surface area contributed by atoms with Gasteiger partial charge in [-0.1, -0.05) is 38.1 Å². The summed E-state index contributed by atoms with van der Waals surface area (Å²) >= 11 is 0. The number of carbonyl (C=O) groups excluding carboxylic acids is 1. The molecule has 1 aromatic rings. The molecule has 0 spiro atoms. The van der Waals surface area contributed by atoms with Gasteiger partial charge in [0, 0.05) is 25.1 Å². The van der Waals surface area contributed by atoms with Crippen molar-refractivity contribution in [3.63, 3.8) is 0 Å². The van der Waals surface area contributed by atoms with E-state index in [1.165, 1.54) is 16.8 Å². The van der Waals surface area contributed by atoms with Gasteiger partial charge in [0.2, 0.25) is 0 Å². The first-order chi connectivity index (χ1) is 8.19. The van der Waals surface area contributed by atoms with Gasteiger partial charge in [-0.2, -0.15) is 0 Å².